The molecule has 7 nitrogen and oxygen atoms in total. The van der Waals surface area contributed by atoms with E-state index >= 15 is 0 Å². The van der Waals surface area contributed by atoms with E-state index in [1.807, 2.05) is 35.7 Å². The van der Waals surface area contributed by atoms with E-state index in [0.29, 0.717) is 24.6 Å². The number of rotatable bonds is 8. The molecular formula is C22H23N5O2S2. The summed E-state index contributed by atoms with van der Waals surface area (Å²) in [5.41, 5.74) is 1.63. The van der Waals surface area contributed by atoms with Gasteiger partial charge in [0.05, 0.1) is 4.88 Å². The van der Waals surface area contributed by atoms with Gasteiger partial charge in [0, 0.05) is 42.6 Å². The SMILES string of the molecule is O=C(CCSc1nnc(-c2cccs2)n1C1CC1)Nc1ccc(N2CCCC2=O)cc1. The van der Waals surface area contributed by atoms with Crippen LogP contribution in [0, 0.1) is 0 Å². The second-order valence-corrected chi connectivity index (χ2v) is 9.74. The zero-order valence-corrected chi connectivity index (χ0v) is 18.6. The van der Waals surface area contributed by atoms with Gasteiger partial charge in [0.15, 0.2) is 11.0 Å². The molecule has 0 spiro atoms. The van der Waals surface area contributed by atoms with Crippen LogP contribution < -0.4 is 10.2 Å². The Bertz CT molecular complexity index is 1070. The molecule has 1 aliphatic carbocycles. The molecule has 0 radical (unpaired) electrons. The standard InChI is InChI=1S/C22H23N5O2S2/c28-19(23-15-5-7-16(8-6-15)26-12-1-4-20(26)29)11-14-31-22-25-24-21(18-3-2-13-30-18)27(22)17-9-10-17/h2-3,5-8,13,17H,1,4,9-12,14H2,(H,23,28). The number of nitrogens with one attached hydrogen (secondary N) is 1. The number of hydrogen-bond acceptors (Lipinski definition) is 6. The number of thioether (sulfide) groups is 1. The predicted molar refractivity (Wildman–Crippen MR) is 124 cm³/mol. The summed E-state index contributed by atoms with van der Waals surface area (Å²) in [5, 5.41) is 14.7. The van der Waals surface area contributed by atoms with E-state index in [-0.39, 0.29) is 11.8 Å². The predicted octanol–water partition coefficient (Wildman–Crippen LogP) is 4.59. The summed E-state index contributed by atoms with van der Waals surface area (Å²) < 4.78 is 2.23. The summed E-state index contributed by atoms with van der Waals surface area (Å²) in [7, 11) is 0. The third-order valence-electron chi connectivity index (χ3n) is 5.41. The zero-order chi connectivity index (χ0) is 21.2. The van der Waals surface area contributed by atoms with Crippen LogP contribution in [0.4, 0.5) is 11.4 Å². The average Bonchev–Trinajstić information content (AvgIpc) is 3.15. The minimum Gasteiger partial charge on any atom is -0.326 e. The molecule has 2 aliphatic rings. The Hall–Kier alpha value is -2.65. The second kappa shape index (κ2) is 8.84. The molecule has 2 amide bonds. The summed E-state index contributed by atoms with van der Waals surface area (Å²) in [6.07, 6.45) is 4.22. The number of benzene rings is 1. The molecule has 9 heteroatoms. The summed E-state index contributed by atoms with van der Waals surface area (Å²) in [4.78, 5) is 27.2. The highest BCUT2D eigenvalue weighted by atomic mass is 32.2. The molecule has 3 aromatic rings. The van der Waals surface area contributed by atoms with Gasteiger partial charge in [-0.15, -0.1) is 21.5 Å². The van der Waals surface area contributed by atoms with Gasteiger partial charge in [0.2, 0.25) is 11.8 Å². The molecule has 0 bridgehead atoms. The van der Waals surface area contributed by atoms with Gasteiger partial charge in [-0.2, -0.15) is 0 Å². The molecule has 2 fully saturated rings. The Morgan fingerprint density at radius 1 is 1.19 bits per heavy atom. The van der Waals surface area contributed by atoms with Crippen molar-refractivity contribution in [3.8, 4) is 10.7 Å². The summed E-state index contributed by atoms with van der Waals surface area (Å²) >= 11 is 3.25. The lowest BCUT2D eigenvalue weighted by atomic mass is 10.2. The highest BCUT2D eigenvalue weighted by molar-refractivity contribution is 7.99. The monoisotopic (exact) mass is 453 g/mol. The first kappa shape index (κ1) is 20.3. The van der Waals surface area contributed by atoms with E-state index in [2.05, 4.69) is 26.1 Å². The van der Waals surface area contributed by atoms with Gasteiger partial charge in [-0.3, -0.25) is 14.2 Å². The lowest BCUT2D eigenvalue weighted by molar-refractivity contribution is -0.117. The lowest BCUT2D eigenvalue weighted by Gasteiger charge is -2.16. The number of anilines is 2. The van der Waals surface area contributed by atoms with Gasteiger partial charge < -0.3 is 10.2 Å². The Labute approximate surface area is 188 Å². The van der Waals surface area contributed by atoms with Gasteiger partial charge in [-0.25, -0.2) is 0 Å². The summed E-state index contributed by atoms with van der Waals surface area (Å²) in [6, 6.07) is 12.0. The summed E-state index contributed by atoms with van der Waals surface area (Å²) in [5.74, 6) is 1.70. The Kier molecular flexibility index (Phi) is 5.78. The smallest absolute Gasteiger partial charge is 0.227 e. The Morgan fingerprint density at radius 2 is 2.03 bits per heavy atom. The molecule has 0 unspecified atom stereocenters. The van der Waals surface area contributed by atoms with Crippen LogP contribution in [-0.4, -0.2) is 38.9 Å². The van der Waals surface area contributed by atoms with Gasteiger partial charge >= 0.3 is 0 Å². The van der Waals surface area contributed by atoms with Crippen molar-refractivity contribution < 1.29 is 9.59 Å². The second-order valence-electron chi connectivity index (χ2n) is 7.73. The highest BCUT2D eigenvalue weighted by Crippen LogP contribution is 2.41. The van der Waals surface area contributed by atoms with Crippen LogP contribution >= 0.6 is 23.1 Å². The number of thiophene rings is 1. The third-order valence-corrected chi connectivity index (χ3v) is 7.23. The van der Waals surface area contributed by atoms with Crippen LogP contribution in [0.2, 0.25) is 0 Å². The molecule has 1 saturated heterocycles. The van der Waals surface area contributed by atoms with Gasteiger partial charge in [-0.05, 0) is 55.0 Å². The minimum absolute atomic E-state index is 0.0338. The molecule has 3 heterocycles. The van der Waals surface area contributed by atoms with Crippen molar-refractivity contribution in [2.75, 3.05) is 22.5 Å². The topological polar surface area (TPSA) is 80.1 Å². The van der Waals surface area contributed by atoms with E-state index in [1.54, 1.807) is 28.0 Å². The van der Waals surface area contributed by atoms with E-state index in [0.717, 1.165) is 53.0 Å². The first-order valence-corrected chi connectivity index (χ1v) is 12.4. The summed E-state index contributed by atoms with van der Waals surface area (Å²) in [6.45, 7) is 0.765. The van der Waals surface area contributed by atoms with Crippen LogP contribution in [-0.2, 0) is 9.59 Å². The third kappa shape index (κ3) is 4.52. The van der Waals surface area contributed by atoms with Crippen molar-refractivity contribution in [3.63, 3.8) is 0 Å². The first-order chi connectivity index (χ1) is 15.2. The molecule has 31 heavy (non-hydrogen) atoms. The lowest BCUT2D eigenvalue weighted by Crippen LogP contribution is -2.23. The quantitative estimate of drug-likeness (QED) is 0.505. The van der Waals surface area contributed by atoms with Crippen molar-refractivity contribution in [3.05, 3.63) is 41.8 Å². The van der Waals surface area contributed by atoms with Gasteiger partial charge in [0.1, 0.15) is 0 Å². The van der Waals surface area contributed by atoms with E-state index < -0.39 is 0 Å². The van der Waals surface area contributed by atoms with Crippen LogP contribution in [0.5, 0.6) is 0 Å². The van der Waals surface area contributed by atoms with E-state index in [4.69, 9.17) is 0 Å². The van der Waals surface area contributed by atoms with Gasteiger partial charge in [0.25, 0.3) is 0 Å². The number of nitrogens with zero attached hydrogens (tertiary/aromatic N) is 4. The zero-order valence-electron chi connectivity index (χ0n) is 17.0. The number of amides is 2. The highest BCUT2D eigenvalue weighted by Gasteiger charge is 2.30. The van der Waals surface area contributed by atoms with E-state index in [1.165, 1.54) is 0 Å². The average molecular weight is 454 g/mol. The van der Waals surface area contributed by atoms with Crippen molar-refractivity contribution in [2.24, 2.45) is 0 Å². The molecule has 5 rings (SSSR count). The Morgan fingerprint density at radius 3 is 2.71 bits per heavy atom. The fourth-order valence-electron chi connectivity index (χ4n) is 3.72. The number of aromatic nitrogens is 3. The Balaban J connectivity index is 1.15. The molecular weight excluding hydrogens is 430 g/mol. The number of hydrogen-bond donors (Lipinski definition) is 1. The van der Waals surface area contributed by atoms with Crippen molar-refractivity contribution in [1.82, 2.24) is 14.8 Å². The fourth-order valence-corrected chi connectivity index (χ4v) is 5.36. The van der Waals surface area contributed by atoms with Crippen LogP contribution in [0.1, 0.15) is 38.1 Å². The number of carbonyl (C=O) groups is 2. The minimum atomic E-state index is -0.0338. The molecule has 1 aliphatic heterocycles. The van der Waals surface area contributed by atoms with Crippen molar-refractivity contribution in [1.29, 1.82) is 0 Å². The molecule has 1 N–H and O–H groups in total. The van der Waals surface area contributed by atoms with Crippen molar-refractivity contribution in [2.45, 2.75) is 43.3 Å². The van der Waals surface area contributed by atoms with Gasteiger partial charge in [-0.1, -0.05) is 17.8 Å². The van der Waals surface area contributed by atoms with Crippen LogP contribution in [0.25, 0.3) is 10.7 Å². The maximum Gasteiger partial charge on any atom is 0.227 e. The maximum atomic E-state index is 12.4. The largest absolute Gasteiger partial charge is 0.326 e. The molecule has 2 aromatic heterocycles. The molecule has 0 atom stereocenters. The maximum absolute atomic E-state index is 12.4. The normalized spacial score (nSPS) is 16.1. The molecule has 160 valence electrons. The molecule has 1 aromatic carbocycles. The fraction of sp³-hybridized carbons (Fsp3) is 0.364. The molecule has 1 saturated carbocycles. The van der Waals surface area contributed by atoms with Crippen LogP contribution in [0.3, 0.4) is 0 Å². The van der Waals surface area contributed by atoms with E-state index in [9.17, 15) is 9.59 Å². The number of carbonyl (C=O) groups excluding carboxylic acids is 2. The first-order valence-electron chi connectivity index (χ1n) is 10.5. The van der Waals surface area contributed by atoms with Crippen molar-refractivity contribution >= 4 is 46.3 Å². The van der Waals surface area contributed by atoms with Crippen LogP contribution in [0.15, 0.2) is 46.9 Å².